The quantitative estimate of drug-likeness (QED) is 0.702. The number of hydrogen-bond acceptors (Lipinski definition) is 4. The van der Waals surface area contributed by atoms with Gasteiger partial charge in [0, 0.05) is 0 Å². The van der Waals surface area contributed by atoms with Crippen molar-refractivity contribution in [2.24, 2.45) is 0 Å². The maximum absolute atomic E-state index is 11.8. The highest BCUT2D eigenvalue weighted by atomic mass is 32.1. The summed E-state index contributed by atoms with van der Waals surface area (Å²) in [5, 5.41) is 0. The average molecular weight is 208 g/mol. The average Bonchev–Trinajstić information content (AvgIpc) is 2.59. The van der Waals surface area contributed by atoms with Crippen LogP contribution in [0.2, 0.25) is 0 Å². The number of aromatic nitrogens is 2. The normalized spacial score (nSPS) is 17.3. The molecule has 0 unspecified atom stereocenters. The summed E-state index contributed by atoms with van der Waals surface area (Å²) in [6.07, 6.45) is 9.09. The highest BCUT2D eigenvalue weighted by molar-refractivity contribution is 6.99. The summed E-state index contributed by atoms with van der Waals surface area (Å²) in [6, 6.07) is 0. The molecule has 1 aliphatic rings. The number of allylic oxidation sites excluding steroid dienone is 2. The monoisotopic (exact) mass is 208 g/mol. The van der Waals surface area contributed by atoms with Crippen molar-refractivity contribution < 1.29 is 4.79 Å². The van der Waals surface area contributed by atoms with Crippen molar-refractivity contribution in [2.45, 2.75) is 32.1 Å². The van der Waals surface area contributed by atoms with Crippen LogP contribution >= 0.6 is 11.7 Å². The van der Waals surface area contributed by atoms with E-state index in [-0.39, 0.29) is 5.78 Å². The van der Waals surface area contributed by atoms with Gasteiger partial charge in [-0.25, -0.2) is 0 Å². The Morgan fingerprint density at radius 2 is 2.29 bits per heavy atom. The minimum Gasteiger partial charge on any atom is -0.287 e. The fraction of sp³-hybridized carbons (Fsp3) is 0.500. The summed E-state index contributed by atoms with van der Waals surface area (Å²) >= 11 is 1.09. The topological polar surface area (TPSA) is 42.9 Å². The van der Waals surface area contributed by atoms with Gasteiger partial charge in [-0.15, -0.1) is 0 Å². The number of Topliss-reactive ketones (excluding diaryl/α,β-unsaturated/α-hetero) is 1. The minimum absolute atomic E-state index is 0.0700. The minimum atomic E-state index is 0.0700. The Kier molecular flexibility index (Phi) is 3.03. The predicted molar refractivity (Wildman–Crippen MR) is 55.4 cm³/mol. The fourth-order valence-electron chi connectivity index (χ4n) is 1.65. The summed E-state index contributed by atoms with van der Waals surface area (Å²) in [6.45, 7) is 0. The summed E-state index contributed by atoms with van der Waals surface area (Å²) in [7, 11) is 0. The van der Waals surface area contributed by atoms with Crippen LogP contribution < -0.4 is 0 Å². The molecule has 14 heavy (non-hydrogen) atoms. The van der Waals surface area contributed by atoms with E-state index < -0.39 is 0 Å². The van der Waals surface area contributed by atoms with Gasteiger partial charge in [-0.05, 0) is 31.3 Å². The molecule has 0 aromatic carbocycles. The van der Waals surface area contributed by atoms with E-state index in [1.165, 1.54) is 12.8 Å². The molecule has 0 aliphatic heterocycles. The van der Waals surface area contributed by atoms with Crippen LogP contribution in [0.25, 0.3) is 0 Å². The predicted octanol–water partition coefficient (Wildman–Crippen LogP) is 2.61. The van der Waals surface area contributed by atoms with Crippen LogP contribution in [0, 0.1) is 0 Å². The first-order valence-electron chi connectivity index (χ1n) is 4.89. The first-order chi connectivity index (χ1) is 6.88. The molecule has 0 atom stereocenters. The van der Waals surface area contributed by atoms with Crippen molar-refractivity contribution >= 4 is 17.5 Å². The standard InChI is InChI=1S/C10H12N2OS/c13-10(9-7-11-14-12-9)8-5-3-1-2-4-6-8/h5,7H,1-4,6H2. The third-order valence-corrected chi connectivity index (χ3v) is 2.90. The Morgan fingerprint density at radius 3 is 3.07 bits per heavy atom. The van der Waals surface area contributed by atoms with E-state index in [0.29, 0.717) is 5.69 Å². The Hall–Kier alpha value is -1.03. The van der Waals surface area contributed by atoms with Crippen LogP contribution in [-0.2, 0) is 0 Å². The number of rotatable bonds is 2. The lowest BCUT2D eigenvalue weighted by Gasteiger charge is -1.99. The first-order valence-corrected chi connectivity index (χ1v) is 5.62. The van der Waals surface area contributed by atoms with Crippen LogP contribution in [0.1, 0.15) is 42.6 Å². The molecule has 0 radical (unpaired) electrons. The van der Waals surface area contributed by atoms with Crippen molar-refractivity contribution in [3.8, 4) is 0 Å². The maximum atomic E-state index is 11.8. The van der Waals surface area contributed by atoms with Crippen molar-refractivity contribution in [3.05, 3.63) is 23.5 Å². The fourth-order valence-corrected chi connectivity index (χ4v) is 2.06. The van der Waals surface area contributed by atoms with E-state index in [1.807, 2.05) is 0 Å². The summed E-state index contributed by atoms with van der Waals surface area (Å²) in [5.41, 5.74) is 1.43. The zero-order valence-corrected chi connectivity index (χ0v) is 8.72. The lowest BCUT2D eigenvalue weighted by atomic mass is 10.0. The molecule has 0 N–H and O–H groups in total. The van der Waals surface area contributed by atoms with Gasteiger partial charge in [-0.2, -0.15) is 8.75 Å². The van der Waals surface area contributed by atoms with Crippen LogP contribution in [0.15, 0.2) is 17.8 Å². The molecule has 1 aromatic rings. The third-order valence-electron chi connectivity index (χ3n) is 2.43. The SMILES string of the molecule is O=C(C1=CCCCCC1)c1cnsn1. The number of nitrogens with zero attached hydrogens (tertiary/aromatic N) is 2. The van der Waals surface area contributed by atoms with Gasteiger partial charge < -0.3 is 0 Å². The van der Waals surface area contributed by atoms with E-state index in [4.69, 9.17) is 0 Å². The van der Waals surface area contributed by atoms with E-state index in [1.54, 1.807) is 6.20 Å². The molecule has 1 aromatic heterocycles. The molecule has 4 heteroatoms. The van der Waals surface area contributed by atoms with Gasteiger partial charge >= 0.3 is 0 Å². The molecule has 0 spiro atoms. The van der Waals surface area contributed by atoms with Crippen molar-refractivity contribution in [2.75, 3.05) is 0 Å². The molecule has 1 heterocycles. The second kappa shape index (κ2) is 4.46. The smallest absolute Gasteiger partial charge is 0.209 e. The van der Waals surface area contributed by atoms with Gasteiger partial charge in [-0.3, -0.25) is 4.79 Å². The molecular formula is C10H12N2OS. The highest BCUT2D eigenvalue weighted by Gasteiger charge is 2.15. The van der Waals surface area contributed by atoms with Gasteiger partial charge in [-0.1, -0.05) is 12.5 Å². The van der Waals surface area contributed by atoms with E-state index in [0.717, 1.165) is 36.6 Å². The molecule has 0 bridgehead atoms. The molecule has 0 saturated carbocycles. The number of carbonyl (C=O) groups excluding carboxylic acids is 1. The largest absolute Gasteiger partial charge is 0.287 e. The molecular weight excluding hydrogens is 196 g/mol. The van der Waals surface area contributed by atoms with Gasteiger partial charge in [0.2, 0.25) is 5.78 Å². The lowest BCUT2D eigenvalue weighted by molar-refractivity contribution is 0.102. The Balaban J connectivity index is 2.14. The summed E-state index contributed by atoms with van der Waals surface area (Å²) < 4.78 is 7.81. The second-order valence-electron chi connectivity index (χ2n) is 3.45. The van der Waals surface area contributed by atoms with E-state index >= 15 is 0 Å². The van der Waals surface area contributed by atoms with Crippen molar-refractivity contribution in [1.82, 2.24) is 8.75 Å². The number of hydrogen-bond donors (Lipinski definition) is 0. The zero-order chi connectivity index (χ0) is 9.80. The zero-order valence-electron chi connectivity index (χ0n) is 7.90. The second-order valence-corrected chi connectivity index (χ2v) is 4.01. The first kappa shape index (κ1) is 9.52. The molecule has 0 saturated heterocycles. The van der Waals surface area contributed by atoms with Crippen molar-refractivity contribution in [3.63, 3.8) is 0 Å². The number of carbonyl (C=O) groups is 1. The summed E-state index contributed by atoms with van der Waals surface area (Å²) in [4.78, 5) is 11.8. The molecule has 0 fully saturated rings. The molecule has 1 aliphatic carbocycles. The Bertz CT molecular complexity index is 343. The van der Waals surface area contributed by atoms with Crippen LogP contribution in [0.5, 0.6) is 0 Å². The van der Waals surface area contributed by atoms with Crippen LogP contribution in [0.4, 0.5) is 0 Å². The Morgan fingerprint density at radius 1 is 1.36 bits per heavy atom. The molecule has 2 rings (SSSR count). The van der Waals surface area contributed by atoms with Gasteiger partial charge in [0.1, 0.15) is 5.69 Å². The summed E-state index contributed by atoms with van der Waals surface area (Å²) in [5.74, 6) is 0.0700. The highest BCUT2D eigenvalue weighted by Crippen LogP contribution is 2.20. The van der Waals surface area contributed by atoms with Crippen molar-refractivity contribution in [1.29, 1.82) is 0 Å². The van der Waals surface area contributed by atoms with E-state index in [2.05, 4.69) is 14.8 Å². The van der Waals surface area contributed by atoms with Crippen LogP contribution in [0.3, 0.4) is 0 Å². The van der Waals surface area contributed by atoms with Crippen LogP contribution in [-0.4, -0.2) is 14.5 Å². The third kappa shape index (κ3) is 2.07. The van der Waals surface area contributed by atoms with Gasteiger partial charge in [0.25, 0.3) is 0 Å². The molecule has 0 amide bonds. The Labute approximate surface area is 87.2 Å². The van der Waals surface area contributed by atoms with Gasteiger partial charge in [0.15, 0.2) is 0 Å². The maximum Gasteiger partial charge on any atom is 0.209 e. The van der Waals surface area contributed by atoms with E-state index in [9.17, 15) is 4.79 Å². The van der Waals surface area contributed by atoms with Gasteiger partial charge in [0.05, 0.1) is 17.9 Å². The number of ketones is 1. The lowest BCUT2D eigenvalue weighted by Crippen LogP contribution is -2.03. The molecule has 3 nitrogen and oxygen atoms in total. The molecule has 74 valence electrons.